The molecule has 0 aliphatic carbocycles. The van der Waals surface area contributed by atoms with Crippen LogP contribution in [0, 0.1) is 12.8 Å². The second kappa shape index (κ2) is 9.82. The van der Waals surface area contributed by atoms with Crippen molar-refractivity contribution in [1.29, 1.82) is 0 Å². The number of nitrogens with zero attached hydrogens (tertiary/aromatic N) is 1. The minimum Gasteiger partial charge on any atom is -0.497 e. The molecule has 2 aromatic carbocycles. The number of methoxy groups -OCH3 is 1. The fourth-order valence-corrected chi connectivity index (χ4v) is 3.81. The number of ether oxygens (including phenoxy) is 2. The molecule has 0 aromatic heterocycles. The minimum absolute atomic E-state index is 0.00805. The fraction of sp³-hybridized carbons (Fsp3) is 0.385. The lowest BCUT2D eigenvalue weighted by Crippen LogP contribution is -2.38. The number of amides is 1. The van der Waals surface area contributed by atoms with Crippen LogP contribution in [0.15, 0.2) is 59.8 Å². The maximum atomic E-state index is 13.2. The molecule has 1 aliphatic heterocycles. The summed E-state index contributed by atoms with van der Waals surface area (Å²) < 4.78 is 11.0. The Morgan fingerprint density at radius 1 is 1.13 bits per heavy atom. The van der Waals surface area contributed by atoms with Gasteiger partial charge in [0, 0.05) is 18.0 Å². The van der Waals surface area contributed by atoms with Crippen LogP contribution in [0.2, 0.25) is 0 Å². The summed E-state index contributed by atoms with van der Waals surface area (Å²) in [5.41, 5.74) is 4.25. The molecule has 5 nitrogen and oxygen atoms in total. The normalized spacial score (nSPS) is 16.6. The molecule has 1 aliphatic rings. The number of esters is 1. The smallest absolute Gasteiger partial charge is 0.336 e. The SMILES string of the molecule is COc1cccc([C@@H]2CC(=O)N(Cc3ccc(C)cc3)C(C)=C2C(=O)OCC(C)C)c1. The van der Waals surface area contributed by atoms with Crippen molar-refractivity contribution < 1.29 is 19.1 Å². The number of hydrogen-bond acceptors (Lipinski definition) is 4. The third kappa shape index (κ3) is 5.35. The topological polar surface area (TPSA) is 55.8 Å². The minimum atomic E-state index is -0.364. The Kier molecular flexibility index (Phi) is 7.16. The molecular weight excluding hydrogens is 390 g/mol. The van der Waals surface area contributed by atoms with E-state index < -0.39 is 0 Å². The second-order valence-electron chi connectivity index (χ2n) is 8.49. The van der Waals surface area contributed by atoms with Gasteiger partial charge in [0.05, 0.1) is 25.8 Å². The van der Waals surface area contributed by atoms with Crippen molar-refractivity contribution >= 4 is 11.9 Å². The standard InChI is InChI=1S/C26H31NO4/c1-17(2)16-31-26(29)25-19(4)27(15-20-11-9-18(3)10-12-20)24(28)14-23(25)21-7-6-8-22(13-21)30-5/h6-13,17,23H,14-16H2,1-5H3/t23-/m0/s1. The van der Waals surface area contributed by atoms with Crippen molar-refractivity contribution in [3.05, 3.63) is 76.5 Å². The molecule has 1 amide bonds. The lowest BCUT2D eigenvalue weighted by atomic mass is 9.83. The molecule has 0 saturated heterocycles. The molecule has 0 radical (unpaired) electrons. The average Bonchev–Trinajstić information content (AvgIpc) is 2.76. The van der Waals surface area contributed by atoms with Gasteiger partial charge in [0.25, 0.3) is 0 Å². The van der Waals surface area contributed by atoms with Crippen LogP contribution in [-0.2, 0) is 20.9 Å². The van der Waals surface area contributed by atoms with Gasteiger partial charge in [-0.15, -0.1) is 0 Å². The van der Waals surface area contributed by atoms with Crippen molar-refractivity contribution in [2.45, 2.75) is 46.6 Å². The zero-order valence-corrected chi connectivity index (χ0v) is 19.0. The molecular formula is C26H31NO4. The summed E-state index contributed by atoms with van der Waals surface area (Å²) in [6, 6.07) is 15.6. The Hall–Kier alpha value is -3.08. The van der Waals surface area contributed by atoms with Crippen molar-refractivity contribution in [2.75, 3.05) is 13.7 Å². The van der Waals surface area contributed by atoms with Gasteiger partial charge >= 0.3 is 5.97 Å². The van der Waals surface area contributed by atoms with Crippen LogP contribution >= 0.6 is 0 Å². The zero-order chi connectivity index (χ0) is 22.5. The van der Waals surface area contributed by atoms with Gasteiger partial charge in [0.2, 0.25) is 5.91 Å². The number of allylic oxidation sites excluding steroid dienone is 1. The first-order valence-corrected chi connectivity index (χ1v) is 10.7. The maximum Gasteiger partial charge on any atom is 0.336 e. The first kappa shape index (κ1) is 22.6. The zero-order valence-electron chi connectivity index (χ0n) is 19.0. The van der Waals surface area contributed by atoms with Crippen molar-refractivity contribution in [1.82, 2.24) is 4.90 Å². The van der Waals surface area contributed by atoms with Crippen LogP contribution in [0.3, 0.4) is 0 Å². The first-order valence-electron chi connectivity index (χ1n) is 10.7. The molecule has 0 spiro atoms. The Morgan fingerprint density at radius 2 is 1.84 bits per heavy atom. The van der Waals surface area contributed by atoms with E-state index >= 15 is 0 Å². The van der Waals surface area contributed by atoms with Gasteiger partial charge in [-0.1, -0.05) is 55.8 Å². The number of carbonyl (C=O) groups excluding carboxylic acids is 2. The van der Waals surface area contributed by atoms with Crippen molar-refractivity contribution in [3.8, 4) is 5.75 Å². The Bertz CT molecular complexity index is 975. The fourth-order valence-electron chi connectivity index (χ4n) is 3.81. The van der Waals surface area contributed by atoms with Crippen LogP contribution in [0.5, 0.6) is 5.75 Å². The average molecular weight is 422 g/mol. The Labute approximate surface area is 184 Å². The van der Waals surface area contributed by atoms with Crippen LogP contribution in [-0.4, -0.2) is 30.5 Å². The summed E-state index contributed by atoms with van der Waals surface area (Å²) in [7, 11) is 1.60. The molecule has 1 heterocycles. The Balaban J connectivity index is 2.01. The van der Waals surface area contributed by atoms with E-state index in [1.807, 2.05) is 76.2 Å². The summed E-state index contributed by atoms with van der Waals surface area (Å²) in [5, 5.41) is 0. The summed E-state index contributed by atoms with van der Waals surface area (Å²) in [6.07, 6.45) is 0.211. The lowest BCUT2D eigenvalue weighted by molar-refractivity contribution is -0.141. The molecule has 3 rings (SSSR count). The first-order chi connectivity index (χ1) is 14.8. The highest BCUT2D eigenvalue weighted by atomic mass is 16.5. The van der Waals surface area contributed by atoms with E-state index in [-0.39, 0.29) is 30.1 Å². The van der Waals surface area contributed by atoms with Crippen LogP contribution < -0.4 is 4.74 Å². The number of carbonyl (C=O) groups is 2. The second-order valence-corrected chi connectivity index (χ2v) is 8.49. The monoisotopic (exact) mass is 421 g/mol. The van der Waals surface area contributed by atoms with Gasteiger partial charge in [0.1, 0.15) is 5.75 Å². The molecule has 2 aromatic rings. The predicted octanol–water partition coefficient (Wildman–Crippen LogP) is 4.99. The number of benzene rings is 2. The van der Waals surface area contributed by atoms with Crippen molar-refractivity contribution in [2.24, 2.45) is 5.92 Å². The lowest BCUT2D eigenvalue weighted by Gasteiger charge is -2.34. The van der Waals surface area contributed by atoms with E-state index in [0.29, 0.717) is 30.2 Å². The molecule has 31 heavy (non-hydrogen) atoms. The van der Waals surface area contributed by atoms with Crippen LogP contribution in [0.4, 0.5) is 0 Å². The van der Waals surface area contributed by atoms with Gasteiger partial charge in [-0.25, -0.2) is 4.79 Å². The van der Waals surface area contributed by atoms with Gasteiger partial charge in [-0.05, 0) is 43.0 Å². The third-order valence-electron chi connectivity index (χ3n) is 5.55. The van der Waals surface area contributed by atoms with E-state index in [4.69, 9.17) is 9.47 Å². The van der Waals surface area contributed by atoms with E-state index in [2.05, 4.69) is 0 Å². The molecule has 164 valence electrons. The van der Waals surface area contributed by atoms with Gasteiger partial charge in [-0.2, -0.15) is 0 Å². The molecule has 0 fully saturated rings. The van der Waals surface area contributed by atoms with Gasteiger partial charge in [-0.3, -0.25) is 4.79 Å². The summed E-state index contributed by atoms with van der Waals surface area (Å²) in [4.78, 5) is 28.0. The molecule has 0 unspecified atom stereocenters. The van der Waals surface area contributed by atoms with Gasteiger partial charge < -0.3 is 14.4 Å². The molecule has 0 N–H and O–H groups in total. The van der Waals surface area contributed by atoms with Crippen LogP contribution in [0.1, 0.15) is 49.8 Å². The van der Waals surface area contributed by atoms with E-state index in [0.717, 1.165) is 16.7 Å². The highest BCUT2D eigenvalue weighted by Gasteiger charge is 2.37. The van der Waals surface area contributed by atoms with E-state index in [9.17, 15) is 9.59 Å². The highest BCUT2D eigenvalue weighted by molar-refractivity contribution is 5.95. The van der Waals surface area contributed by atoms with Gasteiger partial charge in [0.15, 0.2) is 0 Å². The quantitative estimate of drug-likeness (QED) is 0.591. The van der Waals surface area contributed by atoms with E-state index in [1.165, 1.54) is 0 Å². The molecule has 1 atom stereocenters. The van der Waals surface area contributed by atoms with Crippen LogP contribution in [0.25, 0.3) is 0 Å². The van der Waals surface area contributed by atoms with Crippen molar-refractivity contribution in [3.63, 3.8) is 0 Å². The molecule has 5 heteroatoms. The Morgan fingerprint density at radius 3 is 2.48 bits per heavy atom. The molecule has 0 bridgehead atoms. The number of hydrogen-bond donors (Lipinski definition) is 0. The summed E-state index contributed by atoms with van der Waals surface area (Å²) >= 11 is 0. The number of rotatable bonds is 7. The third-order valence-corrected chi connectivity index (χ3v) is 5.55. The van der Waals surface area contributed by atoms with E-state index in [1.54, 1.807) is 12.0 Å². The summed E-state index contributed by atoms with van der Waals surface area (Å²) in [6.45, 7) is 8.64. The molecule has 0 saturated carbocycles. The summed E-state index contributed by atoms with van der Waals surface area (Å²) in [5.74, 6) is 0.192. The highest BCUT2D eigenvalue weighted by Crippen LogP contribution is 2.38. The number of aryl methyl sites for hydroxylation is 1. The predicted molar refractivity (Wildman–Crippen MR) is 121 cm³/mol. The maximum absolute atomic E-state index is 13.2. The largest absolute Gasteiger partial charge is 0.497 e.